The first-order valence-electron chi connectivity index (χ1n) is 8.97. The van der Waals surface area contributed by atoms with Gasteiger partial charge in [0.2, 0.25) is 5.91 Å². The van der Waals surface area contributed by atoms with Crippen LogP contribution >= 0.6 is 0 Å². The van der Waals surface area contributed by atoms with Crippen molar-refractivity contribution in [3.63, 3.8) is 0 Å². The molecule has 0 spiro atoms. The normalized spacial score (nSPS) is 10.1. The molecule has 2 amide bonds. The summed E-state index contributed by atoms with van der Waals surface area (Å²) in [7, 11) is 4.58. The molecule has 0 saturated carbocycles. The monoisotopic (exact) mass is 386 g/mol. The molecule has 0 atom stereocenters. The van der Waals surface area contributed by atoms with Gasteiger partial charge in [0.25, 0.3) is 5.91 Å². The topological polar surface area (TPSA) is 77.1 Å². The summed E-state index contributed by atoms with van der Waals surface area (Å²) < 4.78 is 15.7. The Morgan fingerprint density at radius 1 is 0.964 bits per heavy atom. The predicted octanol–water partition coefficient (Wildman–Crippen LogP) is 3.20. The van der Waals surface area contributed by atoms with E-state index in [1.165, 1.54) is 26.2 Å². The van der Waals surface area contributed by atoms with Crippen molar-refractivity contribution in [3.8, 4) is 17.2 Å². The van der Waals surface area contributed by atoms with Crippen LogP contribution in [-0.4, -0.2) is 51.1 Å². The van der Waals surface area contributed by atoms with Crippen molar-refractivity contribution in [1.29, 1.82) is 0 Å². The second kappa shape index (κ2) is 10.2. The van der Waals surface area contributed by atoms with Crippen molar-refractivity contribution in [2.24, 2.45) is 0 Å². The van der Waals surface area contributed by atoms with Gasteiger partial charge in [-0.25, -0.2) is 0 Å². The minimum absolute atomic E-state index is 0.0791. The van der Waals surface area contributed by atoms with Crippen molar-refractivity contribution in [2.75, 3.05) is 39.7 Å². The summed E-state index contributed by atoms with van der Waals surface area (Å²) >= 11 is 0. The predicted molar refractivity (Wildman–Crippen MR) is 107 cm³/mol. The fourth-order valence-corrected chi connectivity index (χ4v) is 2.75. The molecule has 28 heavy (non-hydrogen) atoms. The van der Waals surface area contributed by atoms with E-state index >= 15 is 0 Å². The highest BCUT2D eigenvalue weighted by Crippen LogP contribution is 2.24. The molecule has 0 bridgehead atoms. The Morgan fingerprint density at radius 2 is 1.61 bits per heavy atom. The Hall–Kier alpha value is -3.22. The average Bonchev–Trinajstić information content (AvgIpc) is 2.72. The summed E-state index contributed by atoms with van der Waals surface area (Å²) in [4.78, 5) is 27.0. The van der Waals surface area contributed by atoms with E-state index in [1.807, 2.05) is 13.0 Å². The van der Waals surface area contributed by atoms with E-state index in [4.69, 9.17) is 14.2 Å². The Bertz CT molecular complexity index is 800. The second-order valence-corrected chi connectivity index (χ2v) is 6.08. The fraction of sp³-hybridized carbons (Fsp3) is 0.333. The summed E-state index contributed by atoms with van der Waals surface area (Å²) in [5.41, 5.74) is 0.955. The van der Waals surface area contributed by atoms with Crippen molar-refractivity contribution in [2.45, 2.75) is 13.3 Å². The third kappa shape index (κ3) is 5.39. The minimum Gasteiger partial charge on any atom is -0.497 e. The van der Waals surface area contributed by atoms with Crippen LogP contribution in [0.3, 0.4) is 0 Å². The summed E-state index contributed by atoms with van der Waals surface area (Å²) in [6.07, 6.45) is 0.717. The SMILES string of the molecule is CCCN(CC(=O)Nc1ccccc1OC)C(=O)c1cc(OC)cc(OC)c1. The third-order valence-electron chi connectivity index (χ3n) is 4.09. The quantitative estimate of drug-likeness (QED) is 0.716. The average molecular weight is 386 g/mol. The van der Waals surface area contributed by atoms with Crippen LogP contribution in [0, 0.1) is 0 Å². The van der Waals surface area contributed by atoms with Gasteiger partial charge in [0, 0.05) is 18.2 Å². The maximum atomic E-state index is 13.0. The van der Waals surface area contributed by atoms with E-state index in [0.29, 0.717) is 35.0 Å². The molecule has 0 aromatic heterocycles. The van der Waals surface area contributed by atoms with Gasteiger partial charge in [-0.1, -0.05) is 19.1 Å². The van der Waals surface area contributed by atoms with Gasteiger partial charge < -0.3 is 24.4 Å². The number of rotatable bonds is 9. The number of anilines is 1. The number of nitrogens with one attached hydrogen (secondary N) is 1. The zero-order valence-electron chi connectivity index (χ0n) is 16.7. The van der Waals surface area contributed by atoms with Crippen molar-refractivity contribution in [1.82, 2.24) is 4.90 Å². The number of nitrogens with zero attached hydrogens (tertiary/aromatic N) is 1. The van der Waals surface area contributed by atoms with Crippen LogP contribution in [0.4, 0.5) is 5.69 Å². The summed E-state index contributed by atoms with van der Waals surface area (Å²) in [5, 5.41) is 2.79. The van der Waals surface area contributed by atoms with Gasteiger partial charge in [-0.3, -0.25) is 9.59 Å². The first-order chi connectivity index (χ1) is 13.5. The molecule has 2 aromatic carbocycles. The fourth-order valence-electron chi connectivity index (χ4n) is 2.75. The molecule has 0 unspecified atom stereocenters. The lowest BCUT2D eigenvalue weighted by Gasteiger charge is -2.22. The number of para-hydroxylation sites is 2. The lowest BCUT2D eigenvalue weighted by molar-refractivity contribution is -0.116. The van der Waals surface area contributed by atoms with Crippen LogP contribution in [0.5, 0.6) is 17.2 Å². The van der Waals surface area contributed by atoms with Crippen molar-refractivity contribution >= 4 is 17.5 Å². The zero-order valence-corrected chi connectivity index (χ0v) is 16.7. The Kier molecular flexibility index (Phi) is 7.68. The highest BCUT2D eigenvalue weighted by molar-refractivity contribution is 6.00. The van der Waals surface area contributed by atoms with Gasteiger partial charge in [-0.05, 0) is 30.7 Å². The molecule has 7 heteroatoms. The van der Waals surface area contributed by atoms with Crippen LogP contribution in [0.25, 0.3) is 0 Å². The molecule has 0 radical (unpaired) electrons. The van der Waals surface area contributed by atoms with E-state index in [1.54, 1.807) is 36.4 Å². The van der Waals surface area contributed by atoms with Crippen LogP contribution in [0.2, 0.25) is 0 Å². The largest absolute Gasteiger partial charge is 0.497 e. The number of hydrogen-bond donors (Lipinski definition) is 1. The number of hydrogen-bond acceptors (Lipinski definition) is 5. The van der Waals surface area contributed by atoms with E-state index in [9.17, 15) is 9.59 Å². The first kappa shape index (κ1) is 21.1. The number of carbonyl (C=O) groups is 2. The standard InChI is InChI=1S/C21H26N2O5/c1-5-10-23(14-20(24)22-18-8-6-7-9-19(18)28-4)21(25)15-11-16(26-2)13-17(12-15)27-3/h6-9,11-13H,5,10,14H2,1-4H3,(H,22,24). The highest BCUT2D eigenvalue weighted by atomic mass is 16.5. The molecule has 1 N–H and O–H groups in total. The van der Waals surface area contributed by atoms with Gasteiger partial charge in [0.15, 0.2) is 0 Å². The minimum atomic E-state index is -0.304. The molecule has 7 nitrogen and oxygen atoms in total. The van der Waals surface area contributed by atoms with Crippen LogP contribution in [-0.2, 0) is 4.79 Å². The number of methoxy groups -OCH3 is 3. The zero-order chi connectivity index (χ0) is 20.5. The maximum Gasteiger partial charge on any atom is 0.254 e. The van der Waals surface area contributed by atoms with Crippen LogP contribution in [0.1, 0.15) is 23.7 Å². The van der Waals surface area contributed by atoms with Crippen LogP contribution < -0.4 is 19.5 Å². The van der Waals surface area contributed by atoms with Gasteiger partial charge in [0.1, 0.15) is 23.8 Å². The van der Waals surface area contributed by atoms with Gasteiger partial charge in [-0.15, -0.1) is 0 Å². The Morgan fingerprint density at radius 3 is 2.18 bits per heavy atom. The number of benzene rings is 2. The van der Waals surface area contributed by atoms with Gasteiger partial charge in [0.05, 0.1) is 27.0 Å². The first-order valence-corrected chi connectivity index (χ1v) is 8.97. The molecular weight excluding hydrogens is 360 g/mol. The molecular formula is C21H26N2O5. The summed E-state index contributed by atoms with van der Waals surface area (Å²) in [6.45, 7) is 2.31. The smallest absolute Gasteiger partial charge is 0.254 e. The molecule has 0 aliphatic carbocycles. The van der Waals surface area contributed by atoms with Crippen LogP contribution in [0.15, 0.2) is 42.5 Å². The van der Waals surface area contributed by atoms with Crippen molar-refractivity contribution < 1.29 is 23.8 Å². The molecule has 0 fully saturated rings. The van der Waals surface area contributed by atoms with E-state index in [2.05, 4.69) is 5.32 Å². The third-order valence-corrected chi connectivity index (χ3v) is 4.09. The van der Waals surface area contributed by atoms with Crippen molar-refractivity contribution in [3.05, 3.63) is 48.0 Å². The van der Waals surface area contributed by atoms with Gasteiger partial charge in [-0.2, -0.15) is 0 Å². The second-order valence-electron chi connectivity index (χ2n) is 6.08. The molecule has 0 saturated heterocycles. The number of amides is 2. The molecule has 0 aliphatic heterocycles. The molecule has 2 rings (SSSR count). The number of carbonyl (C=O) groups excluding carboxylic acids is 2. The molecule has 0 aliphatic rings. The van der Waals surface area contributed by atoms with Gasteiger partial charge >= 0.3 is 0 Å². The summed E-state index contributed by atoms with van der Waals surface area (Å²) in [5.74, 6) is 1.01. The lowest BCUT2D eigenvalue weighted by Crippen LogP contribution is -2.38. The highest BCUT2D eigenvalue weighted by Gasteiger charge is 2.20. The number of ether oxygens (including phenoxy) is 3. The Labute approximate surface area is 165 Å². The van der Waals surface area contributed by atoms with E-state index in [-0.39, 0.29) is 18.4 Å². The summed E-state index contributed by atoms with van der Waals surface area (Å²) in [6, 6.07) is 12.1. The molecule has 2 aromatic rings. The van der Waals surface area contributed by atoms with E-state index < -0.39 is 0 Å². The lowest BCUT2D eigenvalue weighted by atomic mass is 10.1. The maximum absolute atomic E-state index is 13.0. The Balaban J connectivity index is 2.18. The molecule has 150 valence electrons. The van der Waals surface area contributed by atoms with E-state index in [0.717, 1.165) is 6.42 Å². The molecule has 0 heterocycles.